The van der Waals surface area contributed by atoms with Crippen molar-refractivity contribution in [2.75, 3.05) is 23.8 Å². The van der Waals surface area contributed by atoms with Gasteiger partial charge in [0.1, 0.15) is 5.92 Å². The Kier molecular flexibility index (Phi) is 9.11. The number of aliphatic imine (C=N–C) groups is 1. The van der Waals surface area contributed by atoms with Crippen molar-refractivity contribution in [1.82, 2.24) is 4.98 Å². The van der Waals surface area contributed by atoms with Gasteiger partial charge in [0.05, 0.1) is 24.5 Å². The molecule has 2 N–H and O–H groups in total. The molecule has 1 amide bonds. The minimum Gasteiger partial charge on any atom is -0.465 e. The maximum atomic E-state index is 13.2. The third-order valence-corrected chi connectivity index (χ3v) is 7.16. The maximum absolute atomic E-state index is 13.2. The second-order valence-corrected chi connectivity index (χ2v) is 10.0. The highest BCUT2D eigenvalue weighted by molar-refractivity contribution is 7.14. The summed E-state index contributed by atoms with van der Waals surface area (Å²) in [6, 6.07) is 15.0. The van der Waals surface area contributed by atoms with Gasteiger partial charge in [0.2, 0.25) is 5.91 Å². The third-order valence-electron chi connectivity index (χ3n) is 6.41. The molecule has 2 unspecified atom stereocenters. The van der Waals surface area contributed by atoms with Crippen molar-refractivity contribution in [3.05, 3.63) is 70.7 Å². The minimum atomic E-state index is -0.792. The largest absolute Gasteiger partial charge is 0.465 e. The fraction of sp³-hybridized carbons (Fsp3) is 0.300. The maximum Gasteiger partial charge on any atom is 0.336 e. The highest BCUT2D eigenvalue weighted by Crippen LogP contribution is 2.43. The molecular formula is C30H32N4O5S. The summed E-state index contributed by atoms with van der Waals surface area (Å²) in [4.78, 5) is 47.0. The number of anilines is 3. The van der Waals surface area contributed by atoms with E-state index in [2.05, 4.69) is 15.6 Å². The van der Waals surface area contributed by atoms with Gasteiger partial charge < -0.3 is 20.1 Å². The van der Waals surface area contributed by atoms with Gasteiger partial charge in [-0.2, -0.15) is 0 Å². The van der Waals surface area contributed by atoms with E-state index in [0.29, 0.717) is 33.5 Å². The van der Waals surface area contributed by atoms with Crippen LogP contribution in [0.15, 0.2) is 70.2 Å². The Labute approximate surface area is 237 Å². The number of rotatable bonds is 9. The van der Waals surface area contributed by atoms with Crippen molar-refractivity contribution in [2.45, 2.75) is 40.5 Å². The molecule has 0 fully saturated rings. The average Bonchev–Trinajstić information content (AvgIpc) is 3.37. The van der Waals surface area contributed by atoms with E-state index in [1.165, 1.54) is 18.3 Å². The SMILES string of the molecule is CCOC(=O)C1=C(C)N=C(C)C(C(=O)OCC)C1c1ccccc1Nc1nc(-c2ccc(NC(C)=O)cc2)cs1. The van der Waals surface area contributed by atoms with Crippen LogP contribution in [0.3, 0.4) is 0 Å². The van der Waals surface area contributed by atoms with Crippen LogP contribution in [0.4, 0.5) is 16.5 Å². The lowest BCUT2D eigenvalue weighted by atomic mass is 9.75. The highest BCUT2D eigenvalue weighted by atomic mass is 32.1. The van der Waals surface area contributed by atoms with Crippen LogP contribution in [0, 0.1) is 5.92 Å². The predicted molar refractivity (Wildman–Crippen MR) is 157 cm³/mol. The van der Waals surface area contributed by atoms with Crippen LogP contribution < -0.4 is 10.6 Å². The number of nitrogens with zero attached hydrogens (tertiary/aromatic N) is 2. The Morgan fingerprint density at radius 1 is 0.975 bits per heavy atom. The van der Waals surface area contributed by atoms with Crippen molar-refractivity contribution >= 4 is 51.4 Å². The zero-order valence-corrected chi connectivity index (χ0v) is 23.9. The molecule has 2 heterocycles. The number of benzene rings is 2. The van der Waals surface area contributed by atoms with Gasteiger partial charge in [0, 0.05) is 46.6 Å². The van der Waals surface area contributed by atoms with Crippen LogP contribution in [-0.2, 0) is 23.9 Å². The van der Waals surface area contributed by atoms with Crippen LogP contribution in [0.1, 0.15) is 46.1 Å². The Morgan fingerprint density at radius 2 is 1.68 bits per heavy atom. The molecule has 208 valence electrons. The molecule has 0 spiro atoms. The number of hydrogen-bond acceptors (Lipinski definition) is 9. The van der Waals surface area contributed by atoms with Crippen molar-refractivity contribution in [2.24, 2.45) is 10.9 Å². The molecule has 1 aliphatic rings. The molecule has 9 nitrogen and oxygen atoms in total. The van der Waals surface area contributed by atoms with E-state index in [4.69, 9.17) is 14.5 Å². The van der Waals surface area contributed by atoms with Crippen molar-refractivity contribution < 1.29 is 23.9 Å². The van der Waals surface area contributed by atoms with E-state index < -0.39 is 23.8 Å². The first-order valence-electron chi connectivity index (χ1n) is 13.0. The molecule has 0 bridgehead atoms. The number of carbonyl (C=O) groups is 3. The van der Waals surface area contributed by atoms with Gasteiger partial charge in [-0.15, -0.1) is 11.3 Å². The van der Waals surface area contributed by atoms with Gasteiger partial charge in [-0.1, -0.05) is 30.3 Å². The number of allylic oxidation sites excluding steroid dienone is 1. The zero-order chi connectivity index (χ0) is 28.8. The molecule has 0 radical (unpaired) electrons. The number of ether oxygens (including phenoxy) is 2. The van der Waals surface area contributed by atoms with Crippen LogP contribution >= 0.6 is 11.3 Å². The summed E-state index contributed by atoms with van der Waals surface area (Å²) in [5, 5.41) is 8.73. The summed E-state index contributed by atoms with van der Waals surface area (Å²) in [6.45, 7) is 8.89. The molecule has 0 aliphatic carbocycles. The molecule has 2 atom stereocenters. The number of thiazole rings is 1. The summed E-state index contributed by atoms with van der Waals surface area (Å²) < 4.78 is 10.8. The summed E-state index contributed by atoms with van der Waals surface area (Å²) in [5.74, 6) is -2.55. The van der Waals surface area contributed by atoms with E-state index in [1.54, 1.807) is 27.7 Å². The van der Waals surface area contributed by atoms with Gasteiger partial charge in [-0.25, -0.2) is 9.78 Å². The van der Waals surface area contributed by atoms with E-state index in [0.717, 1.165) is 16.8 Å². The molecule has 40 heavy (non-hydrogen) atoms. The minimum absolute atomic E-state index is 0.132. The summed E-state index contributed by atoms with van der Waals surface area (Å²) in [7, 11) is 0. The second-order valence-electron chi connectivity index (χ2n) is 9.19. The molecular weight excluding hydrogens is 528 g/mol. The van der Waals surface area contributed by atoms with E-state index in [9.17, 15) is 14.4 Å². The number of hydrogen-bond donors (Lipinski definition) is 2. The van der Waals surface area contributed by atoms with E-state index in [1.807, 2.05) is 53.9 Å². The van der Waals surface area contributed by atoms with E-state index in [-0.39, 0.29) is 19.1 Å². The van der Waals surface area contributed by atoms with Gasteiger partial charge in [0.25, 0.3) is 0 Å². The number of aromatic nitrogens is 1. The van der Waals surface area contributed by atoms with Crippen molar-refractivity contribution in [1.29, 1.82) is 0 Å². The summed E-state index contributed by atoms with van der Waals surface area (Å²) in [5.41, 5.74) is 5.23. The molecule has 1 aliphatic heterocycles. The molecule has 10 heteroatoms. The monoisotopic (exact) mass is 560 g/mol. The van der Waals surface area contributed by atoms with Gasteiger partial charge in [0.15, 0.2) is 5.13 Å². The van der Waals surface area contributed by atoms with Crippen molar-refractivity contribution in [3.8, 4) is 11.3 Å². The molecule has 4 rings (SSSR count). The zero-order valence-electron chi connectivity index (χ0n) is 23.1. The Hall–Kier alpha value is -4.31. The molecule has 2 aromatic carbocycles. The fourth-order valence-electron chi connectivity index (χ4n) is 4.77. The first kappa shape index (κ1) is 28.7. The van der Waals surface area contributed by atoms with E-state index >= 15 is 0 Å². The number of esters is 2. The van der Waals surface area contributed by atoms with Crippen LogP contribution in [-0.4, -0.2) is 41.8 Å². The molecule has 0 saturated heterocycles. The number of nitrogens with one attached hydrogen (secondary N) is 2. The lowest BCUT2D eigenvalue weighted by Crippen LogP contribution is -2.36. The fourth-order valence-corrected chi connectivity index (χ4v) is 5.51. The van der Waals surface area contributed by atoms with Crippen LogP contribution in [0.25, 0.3) is 11.3 Å². The predicted octanol–water partition coefficient (Wildman–Crippen LogP) is 6.09. The number of carbonyl (C=O) groups excluding carboxylic acids is 3. The van der Waals surface area contributed by atoms with Crippen LogP contribution in [0.5, 0.6) is 0 Å². The molecule has 3 aromatic rings. The lowest BCUT2D eigenvalue weighted by molar-refractivity contribution is -0.146. The lowest BCUT2D eigenvalue weighted by Gasteiger charge is -2.32. The summed E-state index contributed by atoms with van der Waals surface area (Å²) >= 11 is 1.43. The third kappa shape index (κ3) is 6.28. The Bertz CT molecular complexity index is 1480. The molecule has 0 saturated carbocycles. The molecule has 1 aromatic heterocycles. The highest BCUT2D eigenvalue weighted by Gasteiger charge is 2.43. The summed E-state index contributed by atoms with van der Waals surface area (Å²) in [6.07, 6.45) is 0. The number of amides is 1. The average molecular weight is 561 g/mol. The Balaban J connectivity index is 1.71. The topological polar surface area (TPSA) is 119 Å². The normalized spacial score (nSPS) is 16.7. The standard InChI is InChI=1S/C30H32N4O5S/c1-6-38-28(36)25-17(3)31-18(4)26(29(37)39-7-2)27(25)22-10-8-9-11-23(22)33-30-34-24(16-40-30)20-12-14-21(15-13-20)32-19(5)35/h8-16,25,27H,6-7H2,1-5H3,(H,32,35)(H,33,34). The smallest absolute Gasteiger partial charge is 0.336 e. The first-order valence-corrected chi connectivity index (χ1v) is 13.9. The van der Waals surface area contributed by atoms with Gasteiger partial charge in [-0.05, 0) is 51.5 Å². The van der Waals surface area contributed by atoms with Crippen molar-refractivity contribution in [3.63, 3.8) is 0 Å². The first-order chi connectivity index (χ1) is 19.2. The van der Waals surface area contributed by atoms with Gasteiger partial charge in [-0.3, -0.25) is 14.6 Å². The second kappa shape index (κ2) is 12.7. The van der Waals surface area contributed by atoms with Crippen LogP contribution in [0.2, 0.25) is 0 Å². The Morgan fingerprint density at radius 3 is 2.35 bits per heavy atom. The van der Waals surface area contributed by atoms with Gasteiger partial charge >= 0.3 is 11.9 Å². The number of para-hydroxylation sites is 1. The quantitative estimate of drug-likeness (QED) is 0.304.